The lowest BCUT2D eigenvalue weighted by molar-refractivity contribution is -0.870. The van der Waals surface area contributed by atoms with Gasteiger partial charge in [0, 0.05) is 12.8 Å². The highest BCUT2D eigenvalue weighted by Gasteiger charge is 2.30. The smallest absolute Gasteiger partial charge is 0.456 e. The van der Waals surface area contributed by atoms with Gasteiger partial charge in [0.2, 0.25) is 5.91 Å². The summed E-state index contributed by atoms with van der Waals surface area (Å²) in [6, 6.07) is -0.861. The van der Waals surface area contributed by atoms with Crippen LogP contribution in [0.15, 0.2) is 72.9 Å². The number of hydrogen-bond donors (Lipinski definition) is 2. The lowest BCUT2D eigenvalue weighted by Gasteiger charge is -2.27. The number of amides is 1. The number of nitrogens with one attached hydrogen (secondary N) is 1. The summed E-state index contributed by atoms with van der Waals surface area (Å²) in [7, 11) is 1.47. The Labute approximate surface area is 425 Å². The van der Waals surface area contributed by atoms with Gasteiger partial charge in [0.15, 0.2) is 0 Å². The van der Waals surface area contributed by atoms with Crippen LogP contribution in [0.4, 0.5) is 0 Å². The van der Waals surface area contributed by atoms with E-state index in [9.17, 15) is 19.0 Å². The molecule has 10 heteroatoms. The molecule has 69 heavy (non-hydrogen) atoms. The van der Waals surface area contributed by atoms with Gasteiger partial charge in [-0.1, -0.05) is 216 Å². The van der Waals surface area contributed by atoms with Gasteiger partial charge in [-0.2, -0.15) is 0 Å². The predicted molar refractivity (Wildman–Crippen MR) is 295 cm³/mol. The summed E-state index contributed by atoms with van der Waals surface area (Å²) in [6.07, 6.45) is 61.8. The molecule has 2 N–H and O–H groups in total. The van der Waals surface area contributed by atoms with Crippen LogP contribution >= 0.6 is 7.82 Å². The average Bonchev–Trinajstić information content (AvgIpc) is 3.31. The van der Waals surface area contributed by atoms with E-state index in [4.69, 9.17) is 13.8 Å². The van der Waals surface area contributed by atoms with E-state index in [1.807, 2.05) is 39.4 Å². The standard InChI is InChI=1S/C59H107N2O7P/c1-7-10-13-16-19-22-25-27-28-29-30-31-32-34-37-40-43-46-49-52-59(63)68-57(50-47-44-41-38-35-24-21-18-15-12-9-3)56(55-67-69(64,65)66-54-53-61(4,5)6)60-58(62)51-48-45-42-39-36-33-26-23-20-17-14-11-8-2/h11,14,17,19-20,22-23,26-28,47,50,56-57H,7-10,12-13,15-16,18,21,24-25,29-46,48-49,51-55H2,1-6H3,(H-,60,62,64,65)/p+1/b14-11+,20-17+,22-19-,26-23-,28-27-,50-47-. The second kappa shape index (κ2) is 49.0. The van der Waals surface area contributed by atoms with Gasteiger partial charge < -0.3 is 19.4 Å². The summed E-state index contributed by atoms with van der Waals surface area (Å²) in [5, 5.41) is 3.03. The molecule has 1 amide bonds. The predicted octanol–water partition coefficient (Wildman–Crippen LogP) is 16.9. The Morgan fingerprint density at radius 2 is 0.986 bits per heavy atom. The average molecular weight is 988 g/mol. The second-order valence-corrected chi connectivity index (χ2v) is 21.6. The van der Waals surface area contributed by atoms with Crippen molar-refractivity contribution in [1.82, 2.24) is 5.32 Å². The Balaban J connectivity index is 5.31. The Morgan fingerprint density at radius 3 is 1.52 bits per heavy atom. The fraction of sp³-hybridized carbons (Fsp3) is 0.763. The van der Waals surface area contributed by atoms with Crippen LogP contribution in [0.5, 0.6) is 0 Å². The summed E-state index contributed by atoms with van der Waals surface area (Å²) in [6.45, 7) is 6.82. The fourth-order valence-corrected chi connectivity index (χ4v) is 8.53. The lowest BCUT2D eigenvalue weighted by atomic mass is 10.1. The van der Waals surface area contributed by atoms with E-state index in [2.05, 4.69) is 80.8 Å². The number of nitrogens with zero attached hydrogens (tertiary/aromatic N) is 1. The van der Waals surface area contributed by atoms with Crippen LogP contribution in [0.25, 0.3) is 0 Å². The highest BCUT2D eigenvalue weighted by atomic mass is 31.2. The number of allylic oxidation sites excluding steroid dienone is 11. The SMILES string of the molecule is CC/C=C/C=C/C=C\CCCCCCCC(=O)NC(COP(=O)(O)OCC[N+](C)(C)C)C(/C=C\CCCCCCCCCCC)OC(=O)CCCCCCCCCCC/C=C\C/C=C\CCCCC. The Kier molecular flexibility index (Phi) is 47.2. The van der Waals surface area contributed by atoms with E-state index >= 15 is 0 Å². The van der Waals surface area contributed by atoms with Gasteiger partial charge in [-0.3, -0.25) is 18.6 Å². The molecule has 0 aliphatic carbocycles. The quantitative estimate of drug-likeness (QED) is 0.0156. The largest absolute Gasteiger partial charge is 0.472 e. The summed E-state index contributed by atoms with van der Waals surface area (Å²) < 4.78 is 30.6. The Bertz CT molecular complexity index is 1420. The van der Waals surface area contributed by atoms with Crippen molar-refractivity contribution in [3.05, 3.63) is 72.9 Å². The van der Waals surface area contributed by atoms with Crippen molar-refractivity contribution in [3.63, 3.8) is 0 Å². The number of phosphoric ester groups is 1. The van der Waals surface area contributed by atoms with E-state index in [1.165, 1.54) is 116 Å². The number of esters is 1. The molecule has 0 aromatic rings. The first kappa shape index (κ1) is 66.5. The summed E-state index contributed by atoms with van der Waals surface area (Å²) in [5.74, 6) is -0.537. The number of unbranched alkanes of at least 4 members (excludes halogenated alkanes) is 26. The first-order valence-corrected chi connectivity index (χ1v) is 29.8. The van der Waals surface area contributed by atoms with Crippen LogP contribution in [0.3, 0.4) is 0 Å². The van der Waals surface area contributed by atoms with Crippen molar-refractivity contribution in [2.24, 2.45) is 0 Å². The first-order valence-electron chi connectivity index (χ1n) is 28.3. The number of rotatable bonds is 50. The molecule has 0 aromatic carbocycles. The number of carbonyl (C=O) groups is 2. The van der Waals surface area contributed by atoms with E-state index in [0.29, 0.717) is 17.4 Å². The molecule has 9 nitrogen and oxygen atoms in total. The molecule has 3 unspecified atom stereocenters. The monoisotopic (exact) mass is 988 g/mol. The Hall–Kier alpha value is -2.55. The maximum absolute atomic E-state index is 13.5. The van der Waals surface area contributed by atoms with E-state index in [1.54, 1.807) is 0 Å². The van der Waals surface area contributed by atoms with Crippen LogP contribution in [-0.4, -0.2) is 74.3 Å². The van der Waals surface area contributed by atoms with Crippen molar-refractivity contribution in [1.29, 1.82) is 0 Å². The zero-order chi connectivity index (χ0) is 50.8. The molecule has 0 spiro atoms. The minimum absolute atomic E-state index is 0.0327. The Morgan fingerprint density at radius 1 is 0.536 bits per heavy atom. The van der Waals surface area contributed by atoms with Crippen molar-refractivity contribution in [2.75, 3.05) is 40.9 Å². The van der Waals surface area contributed by atoms with E-state index in [-0.39, 0.29) is 31.5 Å². The molecule has 0 heterocycles. The maximum Gasteiger partial charge on any atom is 0.472 e. The third-order valence-electron chi connectivity index (χ3n) is 12.2. The summed E-state index contributed by atoms with van der Waals surface area (Å²) in [4.78, 5) is 37.5. The van der Waals surface area contributed by atoms with E-state index in [0.717, 1.165) is 89.9 Å². The van der Waals surface area contributed by atoms with Crippen LogP contribution in [0.1, 0.15) is 239 Å². The molecule has 0 rings (SSSR count). The van der Waals surface area contributed by atoms with Gasteiger partial charge in [-0.15, -0.1) is 0 Å². The molecule has 0 saturated heterocycles. The lowest BCUT2D eigenvalue weighted by Crippen LogP contribution is -2.47. The highest BCUT2D eigenvalue weighted by Crippen LogP contribution is 2.43. The molecule has 3 atom stereocenters. The van der Waals surface area contributed by atoms with Gasteiger partial charge in [0.25, 0.3) is 0 Å². The topological polar surface area (TPSA) is 111 Å². The molecule has 0 saturated carbocycles. The third kappa shape index (κ3) is 50.2. The van der Waals surface area contributed by atoms with Gasteiger partial charge in [0.1, 0.15) is 19.3 Å². The molecule has 0 aliphatic heterocycles. The van der Waals surface area contributed by atoms with Crippen LogP contribution in [0.2, 0.25) is 0 Å². The summed E-state index contributed by atoms with van der Waals surface area (Å²) >= 11 is 0. The van der Waals surface area contributed by atoms with Crippen molar-refractivity contribution in [2.45, 2.75) is 251 Å². The number of phosphoric acid groups is 1. The highest BCUT2D eigenvalue weighted by molar-refractivity contribution is 7.47. The molecule has 0 aliphatic rings. The first-order chi connectivity index (χ1) is 33.4. The van der Waals surface area contributed by atoms with Gasteiger partial charge in [-0.25, -0.2) is 4.57 Å². The van der Waals surface area contributed by atoms with Crippen molar-refractivity contribution >= 4 is 19.7 Å². The van der Waals surface area contributed by atoms with Crippen LogP contribution in [0, 0.1) is 0 Å². The molecule has 0 bridgehead atoms. The third-order valence-corrected chi connectivity index (χ3v) is 13.2. The normalized spacial score (nSPS) is 14.4. The number of quaternary nitrogens is 1. The number of carbonyl (C=O) groups excluding carboxylic acids is 2. The van der Waals surface area contributed by atoms with Gasteiger partial charge >= 0.3 is 13.8 Å². The molecule has 0 radical (unpaired) electrons. The van der Waals surface area contributed by atoms with Crippen molar-refractivity contribution in [3.8, 4) is 0 Å². The zero-order valence-corrected chi connectivity index (χ0v) is 46.4. The number of hydrogen-bond acceptors (Lipinski definition) is 6. The van der Waals surface area contributed by atoms with Crippen LogP contribution < -0.4 is 5.32 Å². The minimum atomic E-state index is -4.45. The van der Waals surface area contributed by atoms with Crippen molar-refractivity contribution < 1.29 is 37.3 Å². The van der Waals surface area contributed by atoms with Gasteiger partial charge in [0.05, 0.1) is 33.8 Å². The molecule has 0 aromatic heterocycles. The van der Waals surface area contributed by atoms with Gasteiger partial charge in [-0.05, 0) is 83.1 Å². The minimum Gasteiger partial charge on any atom is -0.456 e. The van der Waals surface area contributed by atoms with E-state index < -0.39 is 20.0 Å². The molecule has 0 fully saturated rings. The molecular formula is C59H108N2O7P+. The second-order valence-electron chi connectivity index (χ2n) is 20.1. The number of likely N-dealkylation sites (N-methyl/N-ethyl adjacent to an activating group) is 1. The number of ether oxygens (including phenoxy) is 1. The van der Waals surface area contributed by atoms with Crippen LogP contribution in [-0.2, 0) is 27.9 Å². The zero-order valence-electron chi connectivity index (χ0n) is 45.5. The summed E-state index contributed by atoms with van der Waals surface area (Å²) in [5.41, 5.74) is 0. The fourth-order valence-electron chi connectivity index (χ4n) is 7.79. The molecular weight excluding hydrogens is 880 g/mol. The molecule has 400 valence electrons. The maximum atomic E-state index is 13.5.